The van der Waals surface area contributed by atoms with Gasteiger partial charge in [0, 0.05) is 43.3 Å². The zero-order valence-corrected chi connectivity index (χ0v) is 23.2. The number of benzene rings is 6. The molecule has 0 spiro atoms. The number of rotatable bonds is 3. The Balaban J connectivity index is 1.28. The van der Waals surface area contributed by atoms with Gasteiger partial charge in [-0.2, -0.15) is 0 Å². The molecule has 2 nitrogen and oxygen atoms in total. The van der Waals surface area contributed by atoms with E-state index in [2.05, 4.69) is 122 Å². The van der Waals surface area contributed by atoms with E-state index in [1.165, 1.54) is 58.8 Å². The van der Waals surface area contributed by atoms with Crippen LogP contribution < -0.4 is 0 Å². The second-order valence-corrected chi connectivity index (χ2v) is 11.9. The van der Waals surface area contributed by atoms with Crippen LogP contribution in [0.15, 0.2) is 116 Å². The third-order valence-electron chi connectivity index (χ3n) is 8.13. The van der Waals surface area contributed by atoms with Crippen LogP contribution in [0.4, 0.5) is 0 Å². The maximum absolute atomic E-state index is 4.71. The molecule has 190 valence electrons. The summed E-state index contributed by atoms with van der Waals surface area (Å²) in [5.74, 6) is 0.517. The van der Waals surface area contributed by atoms with Crippen LogP contribution >= 0.6 is 11.3 Å². The predicted octanol–water partition coefficient (Wildman–Crippen LogP) is 10.8. The lowest BCUT2D eigenvalue weighted by Crippen LogP contribution is -1.89. The predicted molar refractivity (Wildman–Crippen MR) is 172 cm³/mol. The van der Waals surface area contributed by atoms with Gasteiger partial charge in [0.05, 0.1) is 11.0 Å². The third-order valence-corrected chi connectivity index (χ3v) is 9.29. The molecule has 0 atom stereocenters. The third kappa shape index (κ3) is 3.62. The average molecular weight is 531 g/mol. The Morgan fingerprint density at radius 3 is 1.77 bits per heavy atom. The monoisotopic (exact) mass is 530 g/mol. The van der Waals surface area contributed by atoms with Crippen molar-refractivity contribution in [3.05, 3.63) is 121 Å². The van der Waals surface area contributed by atoms with Crippen molar-refractivity contribution in [1.82, 2.24) is 9.97 Å². The van der Waals surface area contributed by atoms with Gasteiger partial charge in [0.15, 0.2) is 0 Å². The van der Waals surface area contributed by atoms with Crippen LogP contribution in [-0.4, -0.2) is 9.97 Å². The first-order chi connectivity index (χ1) is 19.6. The zero-order valence-electron chi connectivity index (χ0n) is 22.3. The van der Waals surface area contributed by atoms with Crippen molar-refractivity contribution in [3.63, 3.8) is 0 Å². The minimum absolute atomic E-state index is 0.517. The standard InChI is InChI=1S/C37H26N2S/c1-22(2)23-11-14-34-32(19-23)33-21-27(12-15-35(33)40-34)25-7-5-6-24(18-25)26-10-13-30-31(20-26)28-8-3-4-9-29(28)36-37(30)39-17-16-38-36/h3-22H,1-2H3. The highest BCUT2D eigenvalue weighted by atomic mass is 32.1. The normalized spacial score (nSPS) is 12.0. The Bertz CT molecular complexity index is 2220. The summed E-state index contributed by atoms with van der Waals surface area (Å²) in [6.07, 6.45) is 3.56. The number of aromatic nitrogens is 2. The summed E-state index contributed by atoms with van der Waals surface area (Å²) in [6.45, 7) is 4.52. The number of hydrogen-bond donors (Lipinski definition) is 0. The fourth-order valence-electron chi connectivity index (χ4n) is 6.02. The summed E-state index contributed by atoms with van der Waals surface area (Å²) in [5, 5.41) is 7.40. The molecule has 3 heteroatoms. The van der Waals surface area contributed by atoms with Crippen molar-refractivity contribution in [2.75, 3.05) is 0 Å². The first-order valence-electron chi connectivity index (χ1n) is 13.8. The van der Waals surface area contributed by atoms with E-state index in [9.17, 15) is 0 Å². The van der Waals surface area contributed by atoms with Gasteiger partial charge in [0.25, 0.3) is 0 Å². The fourth-order valence-corrected chi connectivity index (χ4v) is 7.09. The summed E-state index contributed by atoms with van der Waals surface area (Å²) in [6, 6.07) is 38.0. The summed E-state index contributed by atoms with van der Waals surface area (Å²) >= 11 is 1.88. The summed E-state index contributed by atoms with van der Waals surface area (Å²) in [5.41, 5.74) is 8.18. The van der Waals surface area contributed by atoms with Gasteiger partial charge in [-0.05, 0) is 80.9 Å². The first kappa shape index (κ1) is 23.3. The van der Waals surface area contributed by atoms with E-state index < -0.39 is 0 Å². The van der Waals surface area contributed by atoms with Crippen molar-refractivity contribution in [2.24, 2.45) is 0 Å². The van der Waals surface area contributed by atoms with Crippen LogP contribution in [0.1, 0.15) is 25.3 Å². The minimum Gasteiger partial charge on any atom is -0.252 e. The lowest BCUT2D eigenvalue weighted by atomic mass is 9.94. The first-order valence-corrected chi connectivity index (χ1v) is 14.6. The Morgan fingerprint density at radius 1 is 0.475 bits per heavy atom. The zero-order chi connectivity index (χ0) is 26.8. The smallest absolute Gasteiger partial charge is 0.0971 e. The Labute approximate surface area is 236 Å². The van der Waals surface area contributed by atoms with Crippen LogP contribution in [0.3, 0.4) is 0 Å². The van der Waals surface area contributed by atoms with Gasteiger partial charge in [-0.1, -0.05) is 80.6 Å². The second kappa shape index (κ2) is 8.97. The lowest BCUT2D eigenvalue weighted by Gasteiger charge is -2.11. The molecule has 0 bridgehead atoms. The fraction of sp³-hybridized carbons (Fsp3) is 0.0811. The van der Waals surface area contributed by atoms with E-state index in [0.29, 0.717) is 5.92 Å². The molecule has 8 rings (SSSR count). The quantitative estimate of drug-likeness (QED) is 0.212. The Hall–Kier alpha value is -4.60. The van der Waals surface area contributed by atoms with Crippen LogP contribution in [0.2, 0.25) is 0 Å². The van der Waals surface area contributed by atoms with Gasteiger partial charge >= 0.3 is 0 Å². The molecule has 6 aromatic carbocycles. The van der Waals surface area contributed by atoms with Gasteiger partial charge in [-0.3, -0.25) is 9.97 Å². The van der Waals surface area contributed by atoms with Crippen LogP contribution in [0.5, 0.6) is 0 Å². The van der Waals surface area contributed by atoms with Gasteiger partial charge in [-0.25, -0.2) is 0 Å². The summed E-state index contributed by atoms with van der Waals surface area (Å²) in [7, 11) is 0. The molecule has 2 heterocycles. The average Bonchev–Trinajstić information content (AvgIpc) is 3.38. The minimum atomic E-state index is 0.517. The maximum atomic E-state index is 4.71. The second-order valence-electron chi connectivity index (χ2n) is 10.9. The molecule has 0 aliphatic rings. The van der Waals surface area contributed by atoms with E-state index >= 15 is 0 Å². The molecule has 0 unspecified atom stereocenters. The van der Waals surface area contributed by atoms with Crippen LogP contribution in [-0.2, 0) is 0 Å². The molecule has 0 radical (unpaired) electrons. The molecule has 8 aromatic rings. The SMILES string of the molecule is CC(C)c1ccc2sc3ccc(-c4cccc(-c5ccc6c(c5)c5ccccc5c5nccnc65)c4)cc3c2c1. The molecule has 0 saturated heterocycles. The molecule has 2 aromatic heterocycles. The van der Waals surface area contributed by atoms with E-state index in [1.54, 1.807) is 12.4 Å². The van der Waals surface area contributed by atoms with E-state index in [0.717, 1.165) is 21.8 Å². The van der Waals surface area contributed by atoms with Crippen molar-refractivity contribution >= 4 is 64.1 Å². The van der Waals surface area contributed by atoms with Crippen LogP contribution in [0, 0.1) is 0 Å². The largest absolute Gasteiger partial charge is 0.252 e. The molecule has 0 aliphatic heterocycles. The highest BCUT2D eigenvalue weighted by Gasteiger charge is 2.13. The summed E-state index contributed by atoms with van der Waals surface area (Å²) < 4.78 is 2.69. The number of fused-ring (bicyclic) bond motifs is 9. The topological polar surface area (TPSA) is 25.8 Å². The molecular weight excluding hydrogens is 504 g/mol. The maximum Gasteiger partial charge on any atom is 0.0971 e. The van der Waals surface area contributed by atoms with Crippen molar-refractivity contribution in [1.29, 1.82) is 0 Å². The van der Waals surface area contributed by atoms with Gasteiger partial charge in [0.1, 0.15) is 0 Å². The molecular formula is C37H26N2S. The number of hydrogen-bond acceptors (Lipinski definition) is 3. The molecule has 0 saturated carbocycles. The van der Waals surface area contributed by atoms with E-state index in [1.807, 2.05) is 11.3 Å². The Kier molecular flexibility index (Phi) is 5.23. The molecule has 0 aliphatic carbocycles. The van der Waals surface area contributed by atoms with Gasteiger partial charge in [-0.15, -0.1) is 11.3 Å². The highest BCUT2D eigenvalue weighted by Crippen LogP contribution is 2.39. The molecule has 0 N–H and O–H groups in total. The van der Waals surface area contributed by atoms with Crippen molar-refractivity contribution < 1.29 is 0 Å². The number of nitrogens with zero attached hydrogens (tertiary/aromatic N) is 2. The lowest BCUT2D eigenvalue weighted by molar-refractivity contribution is 0.869. The molecule has 0 amide bonds. The van der Waals surface area contributed by atoms with E-state index in [4.69, 9.17) is 4.98 Å². The highest BCUT2D eigenvalue weighted by molar-refractivity contribution is 7.25. The van der Waals surface area contributed by atoms with Crippen LogP contribution in [0.25, 0.3) is 75.0 Å². The van der Waals surface area contributed by atoms with E-state index in [-0.39, 0.29) is 0 Å². The van der Waals surface area contributed by atoms with Gasteiger partial charge in [0.2, 0.25) is 0 Å². The molecule has 0 fully saturated rings. The Morgan fingerprint density at radius 2 is 1.05 bits per heavy atom. The number of thiophene rings is 1. The molecule has 40 heavy (non-hydrogen) atoms. The van der Waals surface area contributed by atoms with Crippen molar-refractivity contribution in [3.8, 4) is 22.3 Å². The van der Waals surface area contributed by atoms with Crippen molar-refractivity contribution in [2.45, 2.75) is 19.8 Å². The summed E-state index contributed by atoms with van der Waals surface area (Å²) in [4.78, 5) is 9.38. The van der Waals surface area contributed by atoms with Gasteiger partial charge < -0.3 is 0 Å².